The second kappa shape index (κ2) is 11.7. The summed E-state index contributed by atoms with van der Waals surface area (Å²) < 4.78 is 0. The summed E-state index contributed by atoms with van der Waals surface area (Å²) in [6, 6.07) is 0. The van der Waals surface area contributed by atoms with Crippen LogP contribution < -0.4 is 5.32 Å². The molecule has 23 heavy (non-hydrogen) atoms. The Kier molecular flexibility index (Phi) is 10.8. The Morgan fingerprint density at radius 2 is 1.83 bits per heavy atom. The van der Waals surface area contributed by atoms with Gasteiger partial charge in [-0.2, -0.15) is 0 Å². The second-order valence-electron chi connectivity index (χ2n) is 8.14. The molecule has 1 aliphatic rings. The summed E-state index contributed by atoms with van der Waals surface area (Å²) in [5.41, 5.74) is 0. The van der Waals surface area contributed by atoms with Gasteiger partial charge in [0, 0.05) is 6.54 Å². The third-order valence-electron chi connectivity index (χ3n) is 5.50. The molecule has 1 N–H and O–H groups in total. The van der Waals surface area contributed by atoms with E-state index in [1.807, 2.05) is 0 Å². The summed E-state index contributed by atoms with van der Waals surface area (Å²) in [6.07, 6.45) is 9.54. The van der Waals surface area contributed by atoms with E-state index in [9.17, 15) is 4.79 Å². The molecule has 1 amide bonds. The van der Waals surface area contributed by atoms with Gasteiger partial charge in [-0.3, -0.25) is 4.79 Å². The SMILES string of the molecule is CC(C)CCC1CC(C(C)CCC(C)CCNC(=O)CSS)C1. The Labute approximate surface area is 153 Å². The van der Waals surface area contributed by atoms with Crippen molar-refractivity contribution < 1.29 is 4.79 Å². The maximum atomic E-state index is 11.4. The number of rotatable bonds is 12. The Morgan fingerprint density at radius 3 is 2.43 bits per heavy atom. The fourth-order valence-corrected chi connectivity index (χ4v) is 4.12. The summed E-state index contributed by atoms with van der Waals surface area (Å²) in [6.45, 7) is 10.2. The molecular formula is C19H37NOS2. The Morgan fingerprint density at radius 1 is 1.13 bits per heavy atom. The van der Waals surface area contributed by atoms with Crippen molar-refractivity contribution in [2.24, 2.45) is 29.6 Å². The molecule has 0 aromatic heterocycles. The minimum absolute atomic E-state index is 0.104. The molecule has 1 aliphatic carbocycles. The van der Waals surface area contributed by atoms with Gasteiger partial charge in [-0.05, 0) is 48.9 Å². The van der Waals surface area contributed by atoms with Crippen LogP contribution in [0.15, 0.2) is 0 Å². The monoisotopic (exact) mass is 359 g/mol. The summed E-state index contributed by atoms with van der Waals surface area (Å²) in [5.74, 6) is 5.00. The Balaban J connectivity index is 2.03. The molecule has 0 aromatic carbocycles. The van der Waals surface area contributed by atoms with Crippen molar-refractivity contribution in [3.63, 3.8) is 0 Å². The minimum Gasteiger partial charge on any atom is -0.355 e. The van der Waals surface area contributed by atoms with Crippen LogP contribution in [-0.2, 0) is 4.79 Å². The topological polar surface area (TPSA) is 29.1 Å². The average Bonchev–Trinajstić information content (AvgIpc) is 2.43. The van der Waals surface area contributed by atoms with Crippen LogP contribution in [-0.4, -0.2) is 18.2 Å². The zero-order chi connectivity index (χ0) is 17.2. The fraction of sp³-hybridized carbons (Fsp3) is 0.947. The second-order valence-corrected chi connectivity index (χ2v) is 9.46. The van der Waals surface area contributed by atoms with E-state index in [-0.39, 0.29) is 5.91 Å². The van der Waals surface area contributed by atoms with Crippen LogP contribution >= 0.6 is 22.5 Å². The van der Waals surface area contributed by atoms with E-state index >= 15 is 0 Å². The van der Waals surface area contributed by atoms with E-state index in [0.29, 0.717) is 11.7 Å². The molecule has 2 unspecified atom stereocenters. The van der Waals surface area contributed by atoms with Crippen molar-refractivity contribution in [3.05, 3.63) is 0 Å². The van der Waals surface area contributed by atoms with Crippen LogP contribution in [0.2, 0.25) is 0 Å². The lowest BCUT2D eigenvalue weighted by molar-refractivity contribution is -0.118. The highest BCUT2D eigenvalue weighted by atomic mass is 33.1. The fourth-order valence-electron chi connectivity index (χ4n) is 3.55. The van der Waals surface area contributed by atoms with Gasteiger partial charge in [-0.1, -0.05) is 64.2 Å². The number of carbonyl (C=O) groups is 1. The molecule has 0 aromatic rings. The molecule has 2 atom stereocenters. The maximum absolute atomic E-state index is 11.4. The van der Waals surface area contributed by atoms with Crippen LogP contribution in [0.5, 0.6) is 0 Å². The van der Waals surface area contributed by atoms with Crippen molar-refractivity contribution in [1.82, 2.24) is 5.32 Å². The number of hydrogen-bond acceptors (Lipinski definition) is 3. The smallest absolute Gasteiger partial charge is 0.230 e. The van der Waals surface area contributed by atoms with Gasteiger partial charge in [0.05, 0.1) is 5.75 Å². The molecule has 0 radical (unpaired) electrons. The highest BCUT2D eigenvalue weighted by Gasteiger charge is 2.32. The van der Waals surface area contributed by atoms with Gasteiger partial charge in [0.25, 0.3) is 0 Å². The molecule has 4 heteroatoms. The lowest BCUT2D eigenvalue weighted by atomic mass is 9.66. The first-order valence-corrected chi connectivity index (χ1v) is 11.5. The number of amides is 1. The predicted molar refractivity (Wildman–Crippen MR) is 107 cm³/mol. The third kappa shape index (κ3) is 9.28. The largest absolute Gasteiger partial charge is 0.355 e. The van der Waals surface area contributed by atoms with Crippen molar-refractivity contribution in [3.8, 4) is 0 Å². The van der Waals surface area contributed by atoms with Crippen molar-refractivity contribution in [2.45, 2.75) is 72.6 Å². The molecule has 136 valence electrons. The van der Waals surface area contributed by atoms with Crippen molar-refractivity contribution >= 4 is 28.4 Å². The van der Waals surface area contributed by atoms with Crippen LogP contribution in [0.25, 0.3) is 0 Å². The Hall–Kier alpha value is 0.170. The molecule has 1 saturated carbocycles. The zero-order valence-corrected chi connectivity index (χ0v) is 17.2. The first-order valence-electron chi connectivity index (χ1n) is 9.45. The summed E-state index contributed by atoms with van der Waals surface area (Å²) in [4.78, 5) is 11.4. The first-order chi connectivity index (χ1) is 10.9. The molecule has 1 rings (SSSR count). The predicted octanol–water partition coefficient (Wildman–Crippen LogP) is 5.59. The highest BCUT2D eigenvalue weighted by Crippen LogP contribution is 2.43. The highest BCUT2D eigenvalue weighted by molar-refractivity contribution is 8.68. The van der Waals surface area contributed by atoms with Crippen molar-refractivity contribution in [2.75, 3.05) is 12.3 Å². The maximum Gasteiger partial charge on any atom is 0.230 e. The van der Waals surface area contributed by atoms with Gasteiger partial charge in [-0.15, -0.1) is 11.7 Å². The molecule has 0 heterocycles. The summed E-state index contributed by atoms with van der Waals surface area (Å²) in [5, 5.41) is 2.97. The normalized spacial score (nSPS) is 23.4. The number of nitrogens with one attached hydrogen (secondary N) is 1. The third-order valence-corrected chi connectivity index (χ3v) is 6.28. The standard InChI is InChI=1S/C19H37NOS2/c1-14(2)5-8-17-11-18(12-17)16(4)7-6-15(3)9-10-20-19(21)13-23-22/h14-18,22H,5-13H2,1-4H3,(H,20,21). The van der Waals surface area contributed by atoms with Gasteiger partial charge in [-0.25, -0.2) is 0 Å². The van der Waals surface area contributed by atoms with E-state index in [4.69, 9.17) is 0 Å². The van der Waals surface area contributed by atoms with Gasteiger partial charge < -0.3 is 5.32 Å². The van der Waals surface area contributed by atoms with Gasteiger partial charge in [0.2, 0.25) is 5.91 Å². The number of hydrogen-bond donors (Lipinski definition) is 2. The Bertz CT molecular complexity index is 329. The molecule has 2 nitrogen and oxygen atoms in total. The molecule has 0 spiro atoms. The average molecular weight is 360 g/mol. The molecule has 0 saturated heterocycles. The van der Waals surface area contributed by atoms with E-state index in [1.54, 1.807) is 0 Å². The number of carbonyl (C=O) groups excluding carboxylic acids is 1. The molecule has 0 bridgehead atoms. The lowest BCUT2D eigenvalue weighted by Crippen LogP contribution is -2.29. The van der Waals surface area contributed by atoms with Crippen molar-refractivity contribution in [1.29, 1.82) is 0 Å². The molecule has 1 fully saturated rings. The lowest BCUT2D eigenvalue weighted by Gasteiger charge is -2.40. The summed E-state index contributed by atoms with van der Waals surface area (Å²) in [7, 11) is 1.28. The van der Waals surface area contributed by atoms with Crippen LogP contribution in [0, 0.1) is 29.6 Å². The van der Waals surface area contributed by atoms with Gasteiger partial charge >= 0.3 is 0 Å². The van der Waals surface area contributed by atoms with Crippen LogP contribution in [0.3, 0.4) is 0 Å². The quantitative estimate of drug-likeness (QED) is 0.351. The summed E-state index contributed by atoms with van der Waals surface area (Å²) >= 11 is 4.00. The van der Waals surface area contributed by atoms with E-state index in [1.165, 1.54) is 49.3 Å². The van der Waals surface area contributed by atoms with E-state index in [2.05, 4.69) is 44.7 Å². The van der Waals surface area contributed by atoms with Crippen LogP contribution in [0.4, 0.5) is 0 Å². The van der Waals surface area contributed by atoms with E-state index in [0.717, 1.165) is 36.6 Å². The van der Waals surface area contributed by atoms with Crippen LogP contribution in [0.1, 0.15) is 72.6 Å². The van der Waals surface area contributed by atoms with E-state index < -0.39 is 0 Å². The minimum atomic E-state index is 0.104. The number of thiol groups is 1. The first kappa shape index (κ1) is 21.2. The zero-order valence-electron chi connectivity index (χ0n) is 15.5. The molecular weight excluding hydrogens is 322 g/mol. The van der Waals surface area contributed by atoms with Gasteiger partial charge in [0.15, 0.2) is 0 Å². The van der Waals surface area contributed by atoms with Gasteiger partial charge in [0.1, 0.15) is 0 Å². The molecule has 0 aliphatic heterocycles.